The first-order chi connectivity index (χ1) is 5.34. The molecule has 1 fully saturated rings. The predicted molar refractivity (Wildman–Crippen MR) is 47.1 cm³/mol. The standard InChI is InChI=1S/C9H16N2/c1-11-8-4-6-9(11)5-2-3-7-10/h9H,4-8,10H2,1H3. The quantitative estimate of drug-likeness (QED) is 0.552. The summed E-state index contributed by atoms with van der Waals surface area (Å²) < 4.78 is 0. The van der Waals surface area contributed by atoms with E-state index in [4.69, 9.17) is 5.73 Å². The number of nitrogens with zero attached hydrogens (tertiary/aromatic N) is 1. The molecule has 62 valence electrons. The molecule has 0 saturated carbocycles. The summed E-state index contributed by atoms with van der Waals surface area (Å²) in [4.78, 5) is 2.38. The van der Waals surface area contributed by atoms with Crippen LogP contribution < -0.4 is 5.73 Å². The maximum atomic E-state index is 5.26. The van der Waals surface area contributed by atoms with E-state index in [0.717, 1.165) is 6.42 Å². The Hall–Kier alpha value is -0.520. The second-order valence-electron chi connectivity index (χ2n) is 3.04. The highest BCUT2D eigenvalue weighted by Crippen LogP contribution is 2.16. The number of hydrogen-bond donors (Lipinski definition) is 1. The predicted octanol–water partition coefficient (Wildman–Crippen LogP) is 0.433. The van der Waals surface area contributed by atoms with Gasteiger partial charge in [-0.25, -0.2) is 0 Å². The molecule has 1 atom stereocenters. The van der Waals surface area contributed by atoms with Gasteiger partial charge in [0.05, 0.1) is 6.54 Å². The highest BCUT2D eigenvalue weighted by Gasteiger charge is 2.18. The Morgan fingerprint density at radius 3 is 2.91 bits per heavy atom. The molecule has 1 saturated heterocycles. The van der Waals surface area contributed by atoms with Crippen LogP contribution in [0.1, 0.15) is 19.3 Å². The Balaban J connectivity index is 2.25. The minimum absolute atomic E-state index is 0.496. The number of rotatable bonds is 1. The van der Waals surface area contributed by atoms with Gasteiger partial charge in [-0.05, 0) is 26.4 Å². The maximum absolute atomic E-state index is 5.26. The van der Waals surface area contributed by atoms with Crippen molar-refractivity contribution in [3.05, 3.63) is 0 Å². The van der Waals surface area contributed by atoms with Gasteiger partial charge in [0.1, 0.15) is 0 Å². The average molecular weight is 152 g/mol. The van der Waals surface area contributed by atoms with Crippen molar-refractivity contribution < 1.29 is 0 Å². The van der Waals surface area contributed by atoms with Crippen molar-refractivity contribution >= 4 is 0 Å². The molecule has 1 rings (SSSR count). The molecule has 0 amide bonds. The minimum Gasteiger partial charge on any atom is -0.320 e. The second-order valence-corrected chi connectivity index (χ2v) is 3.04. The lowest BCUT2D eigenvalue weighted by Crippen LogP contribution is -2.24. The molecule has 1 aliphatic rings. The van der Waals surface area contributed by atoms with Crippen LogP contribution in [0.4, 0.5) is 0 Å². The summed E-state index contributed by atoms with van der Waals surface area (Å²) in [6.45, 7) is 1.73. The molecule has 0 aromatic rings. The summed E-state index contributed by atoms with van der Waals surface area (Å²) >= 11 is 0. The van der Waals surface area contributed by atoms with Crippen LogP contribution in [0.15, 0.2) is 0 Å². The molecule has 1 aliphatic heterocycles. The summed E-state index contributed by atoms with van der Waals surface area (Å²) in [7, 11) is 2.17. The fourth-order valence-corrected chi connectivity index (χ4v) is 1.50. The van der Waals surface area contributed by atoms with Crippen molar-refractivity contribution in [2.24, 2.45) is 5.73 Å². The SMILES string of the molecule is CN1CCCC1CC#CCN. The molecule has 0 aliphatic carbocycles. The fraction of sp³-hybridized carbons (Fsp3) is 0.778. The second kappa shape index (κ2) is 4.38. The Kier molecular flexibility index (Phi) is 3.41. The van der Waals surface area contributed by atoms with Crippen molar-refractivity contribution in [3.63, 3.8) is 0 Å². The van der Waals surface area contributed by atoms with Crippen LogP contribution in [-0.2, 0) is 0 Å². The van der Waals surface area contributed by atoms with E-state index in [2.05, 4.69) is 23.8 Å². The summed E-state index contributed by atoms with van der Waals surface area (Å²) in [5.74, 6) is 5.99. The van der Waals surface area contributed by atoms with Gasteiger partial charge in [0, 0.05) is 12.5 Å². The summed E-state index contributed by atoms with van der Waals surface area (Å²) in [5, 5.41) is 0. The third kappa shape index (κ3) is 2.53. The van der Waals surface area contributed by atoms with Crippen molar-refractivity contribution in [2.75, 3.05) is 20.1 Å². The van der Waals surface area contributed by atoms with Crippen molar-refractivity contribution in [1.29, 1.82) is 0 Å². The van der Waals surface area contributed by atoms with Crippen LogP contribution in [0.2, 0.25) is 0 Å². The topological polar surface area (TPSA) is 29.3 Å². The van der Waals surface area contributed by atoms with E-state index in [1.54, 1.807) is 0 Å². The van der Waals surface area contributed by atoms with E-state index < -0.39 is 0 Å². The van der Waals surface area contributed by atoms with Gasteiger partial charge >= 0.3 is 0 Å². The third-order valence-electron chi connectivity index (χ3n) is 2.24. The van der Waals surface area contributed by atoms with Gasteiger partial charge < -0.3 is 10.6 Å². The molecular weight excluding hydrogens is 136 g/mol. The Morgan fingerprint density at radius 1 is 1.55 bits per heavy atom. The molecule has 0 bridgehead atoms. The highest BCUT2D eigenvalue weighted by molar-refractivity contribution is 5.03. The van der Waals surface area contributed by atoms with Gasteiger partial charge in [0.15, 0.2) is 0 Å². The molecular formula is C9H16N2. The van der Waals surface area contributed by atoms with Crippen LogP contribution in [0, 0.1) is 11.8 Å². The lowest BCUT2D eigenvalue weighted by atomic mass is 10.1. The first-order valence-electron chi connectivity index (χ1n) is 4.20. The molecule has 0 spiro atoms. The van der Waals surface area contributed by atoms with Crippen LogP contribution >= 0.6 is 0 Å². The molecule has 0 aromatic heterocycles. The first kappa shape index (κ1) is 8.58. The molecule has 0 radical (unpaired) electrons. The van der Waals surface area contributed by atoms with Crippen molar-refractivity contribution in [1.82, 2.24) is 4.90 Å². The fourth-order valence-electron chi connectivity index (χ4n) is 1.50. The number of likely N-dealkylation sites (tertiary alicyclic amines) is 1. The third-order valence-corrected chi connectivity index (χ3v) is 2.24. The van der Waals surface area contributed by atoms with Crippen LogP contribution in [-0.4, -0.2) is 31.1 Å². The van der Waals surface area contributed by atoms with Crippen molar-refractivity contribution in [3.8, 4) is 11.8 Å². The van der Waals surface area contributed by atoms with Gasteiger partial charge in [0.25, 0.3) is 0 Å². The minimum atomic E-state index is 0.496. The zero-order valence-electron chi connectivity index (χ0n) is 7.14. The maximum Gasteiger partial charge on any atom is 0.0551 e. The van der Waals surface area contributed by atoms with Gasteiger partial charge in [-0.2, -0.15) is 0 Å². The summed E-state index contributed by atoms with van der Waals surface area (Å²) in [6.07, 6.45) is 3.62. The van der Waals surface area contributed by atoms with Crippen LogP contribution in [0.3, 0.4) is 0 Å². The van der Waals surface area contributed by atoms with Gasteiger partial charge in [0.2, 0.25) is 0 Å². The van der Waals surface area contributed by atoms with E-state index >= 15 is 0 Å². The van der Waals surface area contributed by atoms with E-state index in [1.165, 1.54) is 19.4 Å². The molecule has 0 aromatic carbocycles. The molecule has 1 unspecified atom stereocenters. The zero-order chi connectivity index (χ0) is 8.10. The molecule has 1 heterocycles. The van der Waals surface area contributed by atoms with E-state index in [9.17, 15) is 0 Å². The average Bonchev–Trinajstić information content (AvgIpc) is 2.37. The number of nitrogens with two attached hydrogens (primary N) is 1. The van der Waals surface area contributed by atoms with Crippen LogP contribution in [0.25, 0.3) is 0 Å². The summed E-state index contributed by atoms with van der Waals surface area (Å²) in [5.41, 5.74) is 5.26. The molecule has 11 heavy (non-hydrogen) atoms. The Labute approximate surface area is 68.8 Å². The highest BCUT2D eigenvalue weighted by atomic mass is 15.1. The Morgan fingerprint density at radius 2 is 2.36 bits per heavy atom. The monoisotopic (exact) mass is 152 g/mol. The normalized spacial score (nSPS) is 24.7. The summed E-state index contributed by atoms with van der Waals surface area (Å²) in [6, 6.07) is 0.689. The van der Waals surface area contributed by atoms with E-state index in [1.807, 2.05) is 0 Å². The molecule has 2 heteroatoms. The Bertz CT molecular complexity index is 166. The molecule has 2 N–H and O–H groups in total. The largest absolute Gasteiger partial charge is 0.320 e. The van der Waals surface area contributed by atoms with Crippen molar-refractivity contribution in [2.45, 2.75) is 25.3 Å². The smallest absolute Gasteiger partial charge is 0.0551 e. The lowest BCUT2D eigenvalue weighted by molar-refractivity contribution is 0.315. The lowest BCUT2D eigenvalue weighted by Gasteiger charge is -2.15. The zero-order valence-corrected chi connectivity index (χ0v) is 7.14. The molecule has 2 nitrogen and oxygen atoms in total. The van der Waals surface area contributed by atoms with Gasteiger partial charge in [-0.1, -0.05) is 5.92 Å². The first-order valence-corrected chi connectivity index (χ1v) is 4.20. The van der Waals surface area contributed by atoms with Gasteiger partial charge in [-0.3, -0.25) is 0 Å². The van der Waals surface area contributed by atoms with E-state index in [-0.39, 0.29) is 0 Å². The van der Waals surface area contributed by atoms with E-state index in [0.29, 0.717) is 12.6 Å². The van der Waals surface area contributed by atoms with Crippen LogP contribution in [0.5, 0.6) is 0 Å². The number of hydrogen-bond acceptors (Lipinski definition) is 2. The van der Waals surface area contributed by atoms with Gasteiger partial charge in [-0.15, -0.1) is 5.92 Å².